The van der Waals surface area contributed by atoms with Crippen LogP contribution in [-0.2, 0) is 52.7 Å². The zero-order chi connectivity index (χ0) is 0. The molecule has 0 saturated carbocycles. The Labute approximate surface area is 92.2 Å². The van der Waals surface area contributed by atoms with Crippen LogP contribution in [0.1, 0.15) is 2.85 Å². The van der Waals surface area contributed by atoms with Crippen LogP contribution in [0.25, 0.3) is 0 Å². The van der Waals surface area contributed by atoms with Gasteiger partial charge in [0.2, 0.25) is 0 Å². The van der Waals surface area contributed by atoms with Crippen molar-refractivity contribution in [2.45, 2.75) is 0 Å². The monoisotopic (exact) mass is 197 g/mol. The summed E-state index contributed by atoms with van der Waals surface area (Å²) < 4.78 is 0. The molecule has 0 aromatic rings. The second-order valence-corrected chi connectivity index (χ2v) is 0. The third-order valence-electron chi connectivity index (χ3n) is 0. The summed E-state index contributed by atoms with van der Waals surface area (Å²) in [7, 11) is 0. The average Bonchev–Trinajstić information content (AvgIpc) is 0. The van der Waals surface area contributed by atoms with Crippen molar-refractivity contribution in [1.82, 2.24) is 0 Å². The van der Waals surface area contributed by atoms with Gasteiger partial charge in [-0.15, -0.1) is 0 Å². The van der Waals surface area contributed by atoms with Crippen LogP contribution in [0.15, 0.2) is 0 Å². The molecule has 0 N–H and O–H groups in total. The maximum Gasteiger partial charge on any atom is 1.00 e. The summed E-state index contributed by atoms with van der Waals surface area (Å²) in [5.41, 5.74) is 0. The molecule has 0 amide bonds. The summed E-state index contributed by atoms with van der Waals surface area (Å²) in [6, 6.07) is 0. The largest absolute Gasteiger partial charge is 1.00 e. The van der Waals surface area contributed by atoms with Gasteiger partial charge in [-0.25, -0.2) is 0 Å². The maximum absolute atomic E-state index is 0. The van der Waals surface area contributed by atoms with Gasteiger partial charge in [-0.1, -0.05) is 0 Å². The van der Waals surface area contributed by atoms with E-state index >= 15 is 0 Å². The quantitative estimate of drug-likeness (QED) is 0.341. The normalized spacial score (nSPS) is 0. The summed E-state index contributed by atoms with van der Waals surface area (Å²) in [6.07, 6.45) is 0. The molecule has 0 aromatic heterocycles. The SMILES string of the molecule is [Co].[H-].[H-].[Li+].[Li+].[Ni].[Zn]. The summed E-state index contributed by atoms with van der Waals surface area (Å²) in [5, 5.41) is 0. The minimum atomic E-state index is 0. The van der Waals surface area contributed by atoms with Crippen molar-refractivity contribution >= 4 is 0 Å². The molecule has 0 atom stereocenters. The van der Waals surface area contributed by atoms with E-state index in [1.54, 1.807) is 0 Å². The fraction of sp³-hybridized carbons (Fsp3) is 0. The molecule has 0 rings (SSSR count). The minimum absolute atomic E-state index is 0. The molecule has 0 aliphatic heterocycles. The van der Waals surface area contributed by atoms with Gasteiger partial charge in [0.05, 0.1) is 0 Å². The van der Waals surface area contributed by atoms with Crippen LogP contribution in [0.3, 0.4) is 0 Å². The van der Waals surface area contributed by atoms with Crippen molar-refractivity contribution in [2.75, 3.05) is 0 Å². The smallest absolute Gasteiger partial charge is 1.00 e. The molecule has 0 saturated heterocycles. The van der Waals surface area contributed by atoms with E-state index < -0.39 is 0 Å². The zero-order valence-electron chi connectivity index (χ0n) is 5.36. The number of rotatable bonds is 0. The van der Waals surface area contributed by atoms with Gasteiger partial charge in [0.1, 0.15) is 0 Å². The van der Waals surface area contributed by atoms with E-state index in [0.29, 0.717) is 0 Å². The Morgan fingerprint density at radius 3 is 1.00 bits per heavy atom. The Morgan fingerprint density at radius 2 is 1.00 bits per heavy atom. The van der Waals surface area contributed by atoms with E-state index in [1.807, 2.05) is 0 Å². The first-order valence-corrected chi connectivity index (χ1v) is 0. The van der Waals surface area contributed by atoms with Gasteiger partial charge in [-0.3, -0.25) is 0 Å². The molecule has 0 spiro atoms. The molecule has 0 heterocycles. The molecule has 0 aromatic carbocycles. The van der Waals surface area contributed by atoms with E-state index in [1.165, 1.54) is 0 Å². The Balaban J connectivity index is 0. The van der Waals surface area contributed by atoms with E-state index in [2.05, 4.69) is 0 Å². The van der Waals surface area contributed by atoms with Crippen LogP contribution < -0.4 is 37.7 Å². The van der Waals surface area contributed by atoms with Crippen molar-refractivity contribution in [3.63, 3.8) is 0 Å². The van der Waals surface area contributed by atoms with E-state index in [0.717, 1.165) is 0 Å². The molecule has 0 fully saturated rings. The molecular weight excluding hydrogens is 197 g/mol. The predicted octanol–water partition coefficient (Wildman–Crippen LogP) is -5.77. The molecule has 0 bridgehead atoms. The molecule has 0 aliphatic rings. The van der Waals surface area contributed by atoms with Gasteiger partial charge < -0.3 is 2.85 Å². The second kappa shape index (κ2) is 29.1. The Morgan fingerprint density at radius 1 is 1.00 bits per heavy atom. The molecule has 0 unspecified atom stereocenters. The van der Waals surface area contributed by atoms with Gasteiger partial charge in [0, 0.05) is 52.7 Å². The van der Waals surface area contributed by atoms with Gasteiger partial charge >= 0.3 is 37.7 Å². The molecule has 25 valence electrons. The molecule has 1 radical (unpaired) electrons. The first-order chi connectivity index (χ1) is 0. The fourth-order valence-corrected chi connectivity index (χ4v) is 0. The Bertz CT molecular complexity index is 15.7. The fourth-order valence-electron chi connectivity index (χ4n) is 0. The van der Waals surface area contributed by atoms with E-state index in [4.69, 9.17) is 0 Å². The van der Waals surface area contributed by atoms with Crippen LogP contribution in [0.4, 0.5) is 0 Å². The van der Waals surface area contributed by atoms with Crippen molar-refractivity contribution < 1.29 is 93.3 Å². The summed E-state index contributed by atoms with van der Waals surface area (Å²) in [5.74, 6) is 0. The molecule has 0 aliphatic carbocycles. The Kier molecular flexibility index (Phi) is 266. The van der Waals surface area contributed by atoms with Crippen LogP contribution in [0.5, 0.6) is 0 Å². The minimum Gasteiger partial charge on any atom is -1.00 e. The molecule has 5 heteroatoms. The Hall–Kier alpha value is 2.82. The van der Waals surface area contributed by atoms with Crippen molar-refractivity contribution in [2.24, 2.45) is 0 Å². The summed E-state index contributed by atoms with van der Waals surface area (Å²) in [4.78, 5) is 0. The topological polar surface area (TPSA) is 0 Å². The number of hydrogen-bond donors (Lipinski definition) is 0. The van der Waals surface area contributed by atoms with Gasteiger partial charge in [0.25, 0.3) is 0 Å². The maximum atomic E-state index is 0. The van der Waals surface area contributed by atoms with Crippen molar-refractivity contribution in [1.29, 1.82) is 0 Å². The van der Waals surface area contributed by atoms with Crippen LogP contribution in [0, 0.1) is 0 Å². The summed E-state index contributed by atoms with van der Waals surface area (Å²) >= 11 is 0. The third kappa shape index (κ3) is 19.9. The average molecular weight is 199 g/mol. The zero-order valence-corrected chi connectivity index (χ0v) is 8.35. The van der Waals surface area contributed by atoms with E-state index in [9.17, 15) is 0 Å². The summed E-state index contributed by atoms with van der Waals surface area (Å²) in [6.45, 7) is 0. The first kappa shape index (κ1) is 45.8. The van der Waals surface area contributed by atoms with Crippen LogP contribution in [-0.4, -0.2) is 0 Å². The second-order valence-electron chi connectivity index (χ2n) is 0. The predicted molar refractivity (Wildman–Crippen MR) is 2.22 cm³/mol. The van der Waals surface area contributed by atoms with Crippen molar-refractivity contribution in [3.8, 4) is 0 Å². The van der Waals surface area contributed by atoms with Crippen LogP contribution in [0.2, 0.25) is 0 Å². The first-order valence-electron chi connectivity index (χ1n) is 0. The molecular formula is H2CoLi2NiZn. The standard InChI is InChI=1S/Co.2Li.Ni.Zn.2H/q;2*+1;;;2*-1. The van der Waals surface area contributed by atoms with Gasteiger partial charge in [0.15, 0.2) is 0 Å². The third-order valence-corrected chi connectivity index (χ3v) is 0. The van der Waals surface area contributed by atoms with Crippen LogP contribution >= 0.6 is 0 Å². The molecule has 5 heavy (non-hydrogen) atoms. The number of hydrogen-bond acceptors (Lipinski definition) is 0. The van der Waals surface area contributed by atoms with Gasteiger partial charge in [-0.05, 0) is 0 Å². The van der Waals surface area contributed by atoms with E-state index in [-0.39, 0.29) is 93.3 Å². The molecule has 0 nitrogen and oxygen atoms in total. The van der Waals surface area contributed by atoms with Crippen molar-refractivity contribution in [3.05, 3.63) is 0 Å². The van der Waals surface area contributed by atoms with Gasteiger partial charge in [-0.2, -0.15) is 0 Å².